The van der Waals surface area contributed by atoms with Crippen LogP contribution < -0.4 is 5.32 Å². The van der Waals surface area contributed by atoms with Crippen LogP contribution >= 0.6 is 11.8 Å². The van der Waals surface area contributed by atoms with Crippen molar-refractivity contribution < 1.29 is 29.0 Å². The van der Waals surface area contributed by atoms with Crippen LogP contribution in [0.5, 0.6) is 0 Å². The fourth-order valence-corrected chi connectivity index (χ4v) is 4.23. The minimum Gasteiger partial charge on any atom is -0.477 e. The third-order valence-electron chi connectivity index (χ3n) is 4.26. The summed E-state index contributed by atoms with van der Waals surface area (Å²) in [6, 6.07) is 7.02. The molecule has 144 valence electrons. The number of carbonyl (C=O) groups is 4. The van der Waals surface area contributed by atoms with Crippen molar-refractivity contribution in [2.75, 3.05) is 12.4 Å². The summed E-state index contributed by atoms with van der Waals surface area (Å²) >= 11 is 1.28. The highest BCUT2D eigenvalue weighted by Crippen LogP contribution is 2.40. The van der Waals surface area contributed by atoms with E-state index in [2.05, 4.69) is 5.32 Å². The van der Waals surface area contributed by atoms with Gasteiger partial charge in [-0.2, -0.15) is 5.26 Å². The van der Waals surface area contributed by atoms with E-state index in [1.54, 1.807) is 0 Å². The summed E-state index contributed by atoms with van der Waals surface area (Å²) in [6.07, 6.45) is 0. The van der Waals surface area contributed by atoms with Crippen LogP contribution in [0.4, 0.5) is 0 Å². The van der Waals surface area contributed by atoms with Crippen LogP contribution in [0, 0.1) is 11.3 Å². The number of ether oxygens (including phenoxy) is 1. The Balaban J connectivity index is 1.74. The molecule has 2 heterocycles. The molecule has 0 spiro atoms. The van der Waals surface area contributed by atoms with Gasteiger partial charge in [0.1, 0.15) is 23.7 Å². The highest BCUT2D eigenvalue weighted by Gasteiger charge is 2.54. The molecule has 1 saturated heterocycles. The molecule has 2 aliphatic rings. The number of rotatable bonds is 5. The van der Waals surface area contributed by atoms with Gasteiger partial charge in [-0.1, -0.05) is 0 Å². The third kappa shape index (κ3) is 3.57. The number of thioether (sulfide) groups is 1. The van der Waals surface area contributed by atoms with Gasteiger partial charge in [-0.3, -0.25) is 19.3 Å². The Hall–Kier alpha value is -3.32. The maximum Gasteiger partial charge on any atom is 0.352 e. The van der Waals surface area contributed by atoms with Crippen LogP contribution in [-0.2, 0) is 19.1 Å². The van der Waals surface area contributed by atoms with Crippen LogP contribution in [0.3, 0.4) is 0 Å². The largest absolute Gasteiger partial charge is 0.477 e. The molecule has 0 bridgehead atoms. The predicted octanol–water partition coefficient (Wildman–Crippen LogP) is 0.474. The van der Waals surface area contributed by atoms with Crippen LogP contribution in [-0.4, -0.2) is 57.5 Å². The number of esters is 1. The van der Waals surface area contributed by atoms with Gasteiger partial charge in [0, 0.05) is 23.8 Å². The summed E-state index contributed by atoms with van der Waals surface area (Å²) in [5.74, 6) is -2.62. The number of amides is 2. The molecule has 2 atom stereocenters. The lowest BCUT2D eigenvalue weighted by Gasteiger charge is -2.49. The maximum absolute atomic E-state index is 12.5. The first-order valence-corrected chi connectivity index (χ1v) is 9.22. The number of nitrogens with one attached hydrogen (secondary N) is 1. The van der Waals surface area contributed by atoms with Gasteiger partial charge >= 0.3 is 11.9 Å². The van der Waals surface area contributed by atoms with Crippen molar-refractivity contribution in [3.63, 3.8) is 0 Å². The maximum atomic E-state index is 12.5. The van der Waals surface area contributed by atoms with Crippen molar-refractivity contribution in [1.82, 2.24) is 10.2 Å². The van der Waals surface area contributed by atoms with E-state index in [4.69, 9.17) is 10.00 Å². The van der Waals surface area contributed by atoms with Gasteiger partial charge in [-0.15, -0.1) is 11.8 Å². The first-order chi connectivity index (χ1) is 13.3. The number of nitrogens with zero attached hydrogens (tertiary/aromatic N) is 2. The first kappa shape index (κ1) is 19.4. The summed E-state index contributed by atoms with van der Waals surface area (Å²) in [4.78, 5) is 48.6. The summed E-state index contributed by atoms with van der Waals surface area (Å²) < 4.78 is 4.87. The standard InChI is InChI=1S/C18H15N3O6S/c1-9(22)27-7-12-8-28-17-13(16(24)21(17)14(12)18(25)26)20-15(23)11-4-2-10(6-19)3-5-11/h2-5,13,17H,7-8H2,1H3,(H,20,23)(H,25,26)/t13-,17+/m1/s1. The van der Waals surface area contributed by atoms with Gasteiger partial charge in [-0.05, 0) is 24.3 Å². The van der Waals surface area contributed by atoms with Crippen molar-refractivity contribution in [3.05, 3.63) is 46.7 Å². The van der Waals surface area contributed by atoms with Crippen molar-refractivity contribution in [2.24, 2.45) is 0 Å². The second kappa shape index (κ2) is 7.74. The lowest BCUT2D eigenvalue weighted by Crippen LogP contribution is -2.70. The van der Waals surface area contributed by atoms with Crippen molar-refractivity contribution >= 4 is 35.5 Å². The minimum atomic E-state index is -1.29. The number of aliphatic carboxylic acids is 1. The van der Waals surface area contributed by atoms with Gasteiger partial charge in [0.25, 0.3) is 11.8 Å². The molecule has 0 aromatic heterocycles. The number of nitriles is 1. The van der Waals surface area contributed by atoms with E-state index >= 15 is 0 Å². The Labute approximate surface area is 163 Å². The number of hydrogen-bond acceptors (Lipinski definition) is 7. The van der Waals surface area contributed by atoms with Crippen molar-refractivity contribution in [2.45, 2.75) is 18.3 Å². The molecule has 9 nitrogen and oxygen atoms in total. The van der Waals surface area contributed by atoms with Gasteiger partial charge in [0.05, 0.1) is 11.6 Å². The fourth-order valence-electron chi connectivity index (χ4n) is 2.90. The molecule has 0 aliphatic carbocycles. The van der Waals surface area contributed by atoms with Crippen molar-refractivity contribution in [3.8, 4) is 6.07 Å². The Morgan fingerprint density at radius 3 is 2.61 bits per heavy atom. The molecular weight excluding hydrogens is 386 g/mol. The van der Waals surface area contributed by atoms with Crippen LogP contribution in [0.15, 0.2) is 35.5 Å². The van der Waals surface area contributed by atoms with Gasteiger partial charge in [0.2, 0.25) is 0 Å². The number of carboxylic acids is 1. The van der Waals surface area contributed by atoms with E-state index in [1.165, 1.54) is 43.0 Å². The summed E-state index contributed by atoms with van der Waals surface area (Å²) in [7, 11) is 0. The molecule has 1 aromatic rings. The van der Waals surface area contributed by atoms with Gasteiger partial charge in [-0.25, -0.2) is 4.79 Å². The smallest absolute Gasteiger partial charge is 0.352 e. The Morgan fingerprint density at radius 2 is 2.04 bits per heavy atom. The summed E-state index contributed by atoms with van der Waals surface area (Å²) in [5.41, 5.74) is 0.811. The number of benzene rings is 1. The zero-order chi connectivity index (χ0) is 20.4. The zero-order valence-electron chi connectivity index (χ0n) is 14.7. The van der Waals surface area contributed by atoms with E-state index in [1.807, 2.05) is 6.07 Å². The molecule has 0 radical (unpaired) electrons. The van der Waals surface area contributed by atoms with Crippen LogP contribution in [0.1, 0.15) is 22.8 Å². The molecule has 1 fully saturated rings. The Morgan fingerprint density at radius 1 is 1.36 bits per heavy atom. The molecule has 2 amide bonds. The normalized spacial score (nSPS) is 20.6. The monoisotopic (exact) mass is 401 g/mol. The second-order valence-corrected chi connectivity index (χ2v) is 7.19. The van der Waals surface area contributed by atoms with E-state index in [0.717, 1.165) is 4.90 Å². The molecule has 2 aliphatic heterocycles. The number of fused-ring (bicyclic) bond motifs is 1. The molecule has 2 N–H and O–H groups in total. The highest BCUT2D eigenvalue weighted by atomic mass is 32.2. The van der Waals surface area contributed by atoms with Crippen LogP contribution in [0.25, 0.3) is 0 Å². The fraction of sp³-hybridized carbons (Fsp3) is 0.278. The SMILES string of the molecule is CC(=O)OCC1=C(C(=O)O)N2C(=O)[C@@H](NC(=O)c3ccc(C#N)cc3)[C@@H]2SC1. The summed E-state index contributed by atoms with van der Waals surface area (Å²) in [5, 5.41) is 20.3. The van der Waals surface area contributed by atoms with Gasteiger partial charge < -0.3 is 15.2 Å². The van der Waals surface area contributed by atoms with E-state index in [-0.39, 0.29) is 23.6 Å². The van der Waals surface area contributed by atoms with Crippen molar-refractivity contribution in [1.29, 1.82) is 5.26 Å². The number of β-lactam (4-membered cyclic amide) rings is 1. The highest BCUT2D eigenvalue weighted by molar-refractivity contribution is 8.00. The Bertz CT molecular complexity index is 934. The second-order valence-electron chi connectivity index (χ2n) is 6.09. The first-order valence-electron chi connectivity index (χ1n) is 8.18. The molecule has 10 heteroatoms. The number of carbonyl (C=O) groups excluding carboxylic acids is 3. The van der Waals surface area contributed by atoms with Gasteiger partial charge in [0.15, 0.2) is 0 Å². The van der Waals surface area contributed by atoms with E-state index < -0.39 is 35.2 Å². The molecular formula is C18H15N3O6S. The molecule has 28 heavy (non-hydrogen) atoms. The molecule has 1 aromatic carbocycles. The predicted molar refractivity (Wildman–Crippen MR) is 96.8 cm³/mol. The molecule has 0 unspecified atom stereocenters. The Kier molecular flexibility index (Phi) is 5.37. The molecule has 0 saturated carbocycles. The number of hydrogen-bond donors (Lipinski definition) is 2. The number of carboxylic acid groups (broad SMARTS) is 1. The molecule has 3 rings (SSSR count). The third-order valence-corrected chi connectivity index (χ3v) is 5.60. The lowest BCUT2D eigenvalue weighted by molar-refractivity contribution is -0.149. The average molecular weight is 401 g/mol. The average Bonchev–Trinajstić information content (AvgIpc) is 2.69. The minimum absolute atomic E-state index is 0.206. The van der Waals surface area contributed by atoms with E-state index in [9.17, 15) is 24.3 Å². The lowest BCUT2D eigenvalue weighted by atomic mass is 10.0. The summed E-state index contributed by atoms with van der Waals surface area (Å²) in [6.45, 7) is 1.01. The van der Waals surface area contributed by atoms with E-state index in [0.29, 0.717) is 11.1 Å². The topological polar surface area (TPSA) is 137 Å². The quantitative estimate of drug-likeness (QED) is 0.537. The zero-order valence-corrected chi connectivity index (χ0v) is 15.5. The van der Waals surface area contributed by atoms with Crippen LogP contribution in [0.2, 0.25) is 0 Å².